The van der Waals surface area contributed by atoms with Gasteiger partial charge in [-0.05, 0) is 30.5 Å². The minimum absolute atomic E-state index is 0.0222. The van der Waals surface area contributed by atoms with Crippen molar-refractivity contribution >= 4 is 17.1 Å². The molecule has 2 rings (SSSR count). The van der Waals surface area contributed by atoms with Crippen molar-refractivity contribution in [2.45, 2.75) is 6.92 Å². The van der Waals surface area contributed by atoms with Gasteiger partial charge in [0.05, 0.1) is 5.56 Å². The van der Waals surface area contributed by atoms with Crippen LogP contribution in [-0.4, -0.2) is 19.7 Å². The number of rotatable bonds is 5. The van der Waals surface area contributed by atoms with E-state index in [0.29, 0.717) is 16.9 Å². The second-order valence-corrected chi connectivity index (χ2v) is 4.67. The molecule has 0 aliphatic rings. The molecule has 3 nitrogen and oxygen atoms in total. The maximum absolute atomic E-state index is 12.3. The summed E-state index contributed by atoms with van der Waals surface area (Å²) in [6.07, 6.45) is 0. The topological polar surface area (TPSA) is 35.5 Å². The number of methoxy groups -OCH3 is 1. The van der Waals surface area contributed by atoms with Crippen molar-refractivity contribution < 1.29 is 14.3 Å². The molecule has 0 atom stereocenters. The second-order valence-electron chi connectivity index (χ2n) is 3.89. The molecule has 0 bridgehead atoms. The molecule has 0 saturated heterocycles. The first-order valence-electron chi connectivity index (χ1n) is 5.51. The zero-order chi connectivity index (χ0) is 13.0. The largest absolute Gasteiger partial charge is 0.467 e. The van der Waals surface area contributed by atoms with E-state index >= 15 is 0 Å². The summed E-state index contributed by atoms with van der Waals surface area (Å²) in [5.74, 6) is 0.532. The van der Waals surface area contributed by atoms with Crippen LogP contribution in [0.1, 0.15) is 21.5 Å². The molecule has 1 aromatic heterocycles. The highest BCUT2D eigenvalue weighted by Crippen LogP contribution is 2.24. The normalized spacial score (nSPS) is 10.3. The Hall–Kier alpha value is -1.65. The molecule has 94 valence electrons. The maximum Gasteiger partial charge on any atom is 0.197 e. The standard InChI is InChI=1S/C14H14O3S/c1-10-3-4-13(17-9-16-2)12(7-10)14(15)11-5-6-18-8-11/h3-8H,9H2,1-2H3. The van der Waals surface area contributed by atoms with E-state index in [1.54, 1.807) is 13.2 Å². The van der Waals surface area contributed by atoms with Crippen LogP contribution in [0.25, 0.3) is 0 Å². The van der Waals surface area contributed by atoms with Crippen LogP contribution in [-0.2, 0) is 4.74 Å². The number of carbonyl (C=O) groups is 1. The van der Waals surface area contributed by atoms with Gasteiger partial charge in [-0.1, -0.05) is 11.6 Å². The number of ether oxygens (including phenoxy) is 2. The fourth-order valence-electron chi connectivity index (χ4n) is 1.62. The second kappa shape index (κ2) is 5.80. The summed E-state index contributed by atoms with van der Waals surface area (Å²) < 4.78 is 10.3. The van der Waals surface area contributed by atoms with Crippen molar-refractivity contribution in [3.05, 3.63) is 51.7 Å². The highest BCUT2D eigenvalue weighted by molar-refractivity contribution is 7.08. The summed E-state index contributed by atoms with van der Waals surface area (Å²) in [6.45, 7) is 2.08. The smallest absolute Gasteiger partial charge is 0.197 e. The van der Waals surface area contributed by atoms with Gasteiger partial charge in [0, 0.05) is 18.1 Å². The molecular formula is C14H14O3S. The summed E-state index contributed by atoms with van der Waals surface area (Å²) in [4.78, 5) is 12.3. The molecule has 0 saturated carbocycles. The SMILES string of the molecule is COCOc1ccc(C)cc1C(=O)c1ccsc1. The van der Waals surface area contributed by atoms with Crippen LogP contribution in [0.4, 0.5) is 0 Å². The lowest BCUT2D eigenvalue weighted by atomic mass is 10.0. The molecule has 1 heterocycles. The van der Waals surface area contributed by atoms with Crippen LogP contribution < -0.4 is 4.74 Å². The van der Waals surface area contributed by atoms with Crippen LogP contribution in [0.5, 0.6) is 5.75 Å². The number of carbonyl (C=O) groups excluding carboxylic acids is 1. The maximum atomic E-state index is 12.3. The summed E-state index contributed by atoms with van der Waals surface area (Å²) >= 11 is 1.50. The summed E-state index contributed by atoms with van der Waals surface area (Å²) in [5.41, 5.74) is 2.29. The highest BCUT2D eigenvalue weighted by Gasteiger charge is 2.15. The van der Waals surface area contributed by atoms with Crippen LogP contribution in [0, 0.1) is 6.92 Å². The third kappa shape index (κ3) is 2.78. The van der Waals surface area contributed by atoms with Gasteiger partial charge < -0.3 is 9.47 Å². The first kappa shape index (κ1) is 12.8. The van der Waals surface area contributed by atoms with E-state index in [1.807, 2.05) is 35.9 Å². The Bertz CT molecular complexity index is 532. The summed E-state index contributed by atoms with van der Waals surface area (Å²) in [7, 11) is 1.55. The first-order valence-corrected chi connectivity index (χ1v) is 6.46. The number of hydrogen-bond donors (Lipinski definition) is 0. The zero-order valence-corrected chi connectivity index (χ0v) is 11.1. The van der Waals surface area contributed by atoms with Crippen LogP contribution >= 0.6 is 11.3 Å². The van der Waals surface area contributed by atoms with Gasteiger partial charge in [0.25, 0.3) is 0 Å². The minimum Gasteiger partial charge on any atom is -0.467 e. The molecular weight excluding hydrogens is 248 g/mol. The Morgan fingerprint density at radius 2 is 2.17 bits per heavy atom. The lowest BCUT2D eigenvalue weighted by molar-refractivity contribution is 0.0503. The number of ketones is 1. The number of hydrogen-bond acceptors (Lipinski definition) is 4. The molecule has 0 radical (unpaired) electrons. The molecule has 0 N–H and O–H groups in total. The van der Waals surface area contributed by atoms with Gasteiger partial charge in [-0.25, -0.2) is 0 Å². The average molecular weight is 262 g/mol. The average Bonchev–Trinajstić information content (AvgIpc) is 2.90. The molecule has 0 spiro atoms. The summed E-state index contributed by atoms with van der Waals surface area (Å²) in [5, 5.41) is 3.73. The van der Waals surface area contributed by atoms with Gasteiger partial charge in [-0.3, -0.25) is 4.79 Å². The van der Waals surface area contributed by atoms with Crippen molar-refractivity contribution in [2.75, 3.05) is 13.9 Å². The van der Waals surface area contributed by atoms with Gasteiger partial charge in [0.2, 0.25) is 0 Å². The third-order valence-corrected chi connectivity index (χ3v) is 3.18. The van der Waals surface area contributed by atoms with Crippen LogP contribution in [0.2, 0.25) is 0 Å². The number of thiophene rings is 1. The predicted octanol–water partition coefficient (Wildman–Crippen LogP) is 3.27. The fourth-order valence-corrected chi connectivity index (χ4v) is 2.25. The molecule has 0 aliphatic carbocycles. The highest BCUT2D eigenvalue weighted by atomic mass is 32.1. The fraction of sp³-hybridized carbons (Fsp3) is 0.214. The first-order chi connectivity index (χ1) is 8.72. The molecule has 0 unspecified atom stereocenters. The summed E-state index contributed by atoms with van der Waals surface area (Å²) in [6, 6.07) is 7.36. The van der Waals surface area contributed by atoms with Crippen molar-refractivity contribution in [3.8, 4) is 5.75 Å². The quantitative estimate of drug-likeness (QED) is 0.613. The van der Waals surface area contributed by atoms with Crippen LogP contribution in [0.15, 0.2) is 35.0 Å². The zero-order valence-electron chi connectivity index (χ0n) is 10.3. The van der Waals surface area contributed by atoms with E-state index in [0.717, 1.165) is 5.56 Å². The van der Waals surface area contributed by atoms with E-state index < -0.39 is 0 Å². The Kier molecular flexibility index (Phi) is 4.12. The Balaban J connectivity index is 2.35. The molecule has 0 fully saturated rings. The van der Waals surface area contributed by atoms with E-state index in [2.05, 4.69) is 0 Å². The van der Waals surface area contributed by atoms with Crippen molar-refractivity contribution in [2.24, 2.45) is 0 Å². The number of benzene rings is 1. The monoisotopic (exact) mass is 262 g/mol. The van der Waals surface area contributed by atoms with Gasteiger partial charge in [0.15, 0.2) is 12.6 Å². The molecule has 4 heteroatoms. The van der Waals surface area contributed by atoms with E-state index in [9.17, 15) is 4.79 Å². The van der Waals surface area contributed by atoms with Crippen LogP contribution in [0.3, 0.4) is 0 Å². The molecule has 0 aliphatic heterocycles. The Morgan fingerprint density at radius 1 is 1.33 bits per heavy atom. The van der Waals surface area contributed by atoms with Gasteiger partial charge >= 0.3 is 0 Å². The van der Waals surface area contributed by atoms with E-state index in [1.165, 1.54) is 11.3 Å². The van der Waals surface area contributed by atoms with Crippen molar-refractivity contribution in [3.63, 3.8) is 0 Å². The number of aryl methyl sites for hydroxylation is 1. The molecule has 0 amide bonds. The van der Waals surface area contributed by atoms with Gasteiger partial charge in [-0.15, -0.1) is 0 Å². The van der Waals surface area contributed by atoms with E-state index in [-0.39, 0.29) is 12.6 Å². The third-order valence-electron chi connectivity index (χ3n) is 2.50. The Labute approximate surface area is 110 Å². The van der Waals surface area contributed by atoms with Crippen molar-refractivity contribution in [1.82, 2.24) is 0 Å². The lowest BCUT2D eigenvalue weighted by Crippen LogP contribution is -2.07. The van der Waals surface area contributed by atoms with E-state index in [4.69, 9.17) is 9.47 Å². The minimum atomic E-state index is -0.0222. The lowest BCUT2D eigenvalue weighted by Gasteiger charge is -2.10. The van der Waals surface area contributed by atoms with Gasteiger partial charge in [-0.2, -0.15) is 11.3 Å². The Morgan fingerprint density at radius 3 is 2.83 bits per heavy atom. The molecule has 1 aromatic carbocycles. The molecule has 18 heavy (non-hydrogen) atoms. The predicted molar refractivity (Wildman–Crippen MR) is 71.4 cm³/mol. The van der Waals surface area contributed by atoms with Crippen molar-refractivity contribution in [1.29, 1.82) is 0 Å². The molecule has 2 aromatic rings. The van der Waals surface area contributed by atoms with Gasteiger partial charge in [0.1, 0.15) is 5.75 Å².